The Morgan fingerprint density at radius 2 is 1.26 bits per heavy atom. The number of nitrogens with zero attached hydrogens (tertiary/aromatic N) is 7. The van der Waals surface area contributed by atoms with E-state index in [1.165, 1.54) is 17.2 Å². The average Bonchev–Trinajstić information content (AvgIpc) is 0.899. The van der Waals surface area contributed by atoms with Gasteiger partial charge in [-0.2, -0.15) is 24.4 Å². The quantitative estimate of drug-likeness (QED) is 0.0169. The van der Waals surface area contributed by atoms with Crippen molar-refractivity contribution in [2.45, 2.75) is 94.8 Å². The summed E-state index contributed by atoms with van der Waals surface area (Å²) in [6.07, 6.45) is 6.15. The summed E-state index contributed by atoms with van der Waals surface area (Å²) >= 11 is 7.81. The predicted octanol–water partition coefficient (Wildman–Crippen LogP) is 1.15. The number of carbonyl (C=O) groups excluding carboxylic acids is 10. The van der Waals surface area contributed by atoms with Crippen LogP contribution in [0.15, 0.2) is 79.0 Å². The fourth-order valence-corrected chi connectivity index (χ4v) is 11.9. The van der Waals surface area contributed by atoms with Crippen molar-refractivity contribution in [2.24, 2.45) is 0 Å². The molecule has 108 heavy (non-hydrogen) atoms. The molecule has 3 heterocycles. The first kappa shape index (κ1) is 90.9. The van der Waals surface area contributed by atoms with Crippen LogP contribution in [0.3, 0.4) is 0 Å². The first-order valence-electron chi connectivity index (χ1n) is 35.2. The summed E-state index contributed by atoms with van der Waals surface area (Å²) in [4.78, 5) is 160. The van der Waals surface area contributed by atoms with Crippen molar-refractivity contribution in [3.8, 4) is 11.8 Å². The highest BCUT2D eigenvalue weighted by Gasteiger charge is 2.30. The van der Waals surface area contributed by atoms with E-state index in [9.17, 15) is 63.7 Å². The minimum atomic E-state index is -1.25. The van der Waals surface area contributed by atoms with Crippen LogP contribution in [-0.4, -0.2) is 292 Å². The van der Waals surface area contributed by atoms with Crippen LogP contribution < -0.4 is 42.0 Å². The summed E-state index contributed by atoms with van der Waals surface area (Å²) in [5.41, 5.74) is 3.38. The Morgan fingerprint density at radius 1 is 0.657 bits per heavy atom. The Balaban J connectivity index is 0.00000397. The summed E-state index contributed by atoms with van der Waals surface area (Å²) in [6, 6.07) is 21.1. The molecule has 34 nitrogen and oxygen atoms in total. The smallest absolute Gasteiger partial charge is 0.373 e. The molecule has 2 aliphatic rings. The number of halogens is 1. The number of likely N-dealkylation sites (N-methyl/N-ethyl adjacent to an activating group) is 2. The second-order valence-electron chi connectivity index (χ2n) is 25.2. The number of pyridine rings is 1. The van der Waals surface area contributed by atoms with Crippen LogP contribution in [0.2, 0.25) is 0 Å². The Kier molecular flexibility index (Phi) is 44.2. The van der Waals surface area contributed by atoms with Gasteiger partial charge in [-0.1, -0.05) is 24.3 Å². The number of thiocarbonyl (C=S) groups is 1. The van der Waals surface area contributed by atoms with Gasteiger partial charge in [-0.3, -0.25) is 53.1 Å². The van der Waals surface area contributed by atoms with Crippen molar-refractivity contribution >= 4 is 122 Å². The number of amides is 6. The molecule has 3 aromatic carbocycles. The standard InChI is InChI=1S/C70H97IN14O16S.2CO2/c1-81-28-30-82(2)54(45-84(47-66(92)93)33-32-83(31-29-81)46-65(90)91)40-49-13-17-52(18-14-49)78-70(102)76-24-6-3-9-58(68(95)80-59(69(96)97)10-4-5-23-74-62(87)41-50-11-15-51(71)16-12-50)79-61(86)22-34-98-36-38-100-39-37-99-35-26-75-63(88)48-101-55-19-20-56-57(21-25-73-60(56)42-55)67(94)77-44-64(89)85-27-7-8-53(85)43-72;2*2-1-3/h11-21,25,42,53-54,58-59H,3-10,22-24,26-41,44-48H2,1-2H3,(H,74,87)(H,75,88)(H,77,94)(H,79,86)(H,80,95)(H,90,91)(H,92,93)(H,96,97)(H2,76,78,102);;/t53-,54?,58+,59+;;/m1../s1. The van der Waals surface area contributed by atoms with E-state index in [0.29, 0.717) is 118 Å². The number of carbonyl (C=O) groups is 9. The number of fused-ring (bicyclic) bond motifs is 1. The number of unbranched alkanes of at least 4 members (excludes halogenated alkanes) is 2. The lowest BCUT2D eigenvalue weighted by Crippen LogP contribution is -2.51. The summed E-state index contributed by atoms with van der Waals surface area (Å²) in [7, 11) is 4.04. The van der Waals surface area contributed by atoms with Crippen molar-refractivity contribution in [3.05, 3.63) is 99.3 Å². The highest BCUT2D eigenvalue weighted by Crippen LogP contribution is 2.23. The van der Waals surface area contributed by atoms with Gasteiger partial charge < -0.3 is 86.2 Å². The molecule has 0 saturated carbocycles. The van der Waals surface area contributed by atoms with Gasteiger partial charge in [0.15, 0.2) is 11.7 Å². The molecule has 0 bridgehead atoms. The number of carboxylic acid groups (broad SMARTS) is 3. The van der Waals surface area contributed by atoms with Crippen molar-refractivity contribution in [3.63, 3.8) is 0 Å². The number of carboxylic acids is 3. The van der Waals surface area contributed by atoms with Crippen LogP contribution in [0.1, 0.15) is 79.3 Å². The molecular formula is C72H97IN14O20S. The first-order chi connectivity index (χ1) is 51.9. The van der Waals surface area contributed by atoms with Crippen molar-refractivity contribution in [1.82, 2.24) is 61.4 Å². The van der Waals surface area contributed by atoms with Gasteiger partial charge in [0, 0.05) is 111 Å². The Labute approximate surface area is 645 Å². The van der Waals surface area contributed by atoms with Crippen molar-refractivity contribution in [1.29, 1.82) is 5.26 Å². The molecule has 4 atom stereocenters. The van der Waals surface area contributed by atoms with E-state index in [2.05, 4.69) is 80.7 Å². The molecule has 4 aromatic rings. The Hall–Kier alpha value is -9.51. The molecule has 1 unspecified atom stereocenters. The first-order valence-corrected chi connectivity index (χ1v) is 36.7. The molecule has 6 amide bonds. The third kappa shape index (κ3) is 37.3. The van der Waals surface area contributed by atoms with Crippen LogP contribution in [0.5, 0.6) is 5.75 Å². The number of ether oxygens (including phenoxy) is 4. The van der Waals surface area contributed by atoms with Gasteiger partial charge in [-0.15, -0.1) is 0 Å². The number of likely N-dealkylation sites (tertiary alicyclic amines) is 1. The molecule has 0 radical (unpaired) electrons. The topological polar surface area (TPSA) is 457 Å². The minimum absolute atomic E-state index is 0.00770. The van der Waals surface area contributed by atoms with E-state index in [1.807, 2.05) is 72.4 Å². The number of aromatic nitrogens is 1. The van der Waals surface area contributed by atoms with Gasteiger partial charge in [0.1, 0.15) is 23.9 Å². The lowest BCUT2D eigenvalue weighted by molar-refractivity contribution is -0.193. The normalized spacial score (nSPS) is 15.5. The zero-order valence-electron chi connectivity index (χ0n) is 60.6. The molecule has 2 aliphatic heterocycles. The fourth-order valence-electron chi connectivity index (χ4n) is 11.4. The SMILES string of the molecule is CN1CCN(CC(=O)O)CCN(CC(=O)O)CC(Cc2ccc(NC(=S)NCCCC[C@H](NC(=O)CCOCCOCCOCCNC(=O)COc3ccc4c(C(=O)NCC(=O)N5CCC[C@@H]5C#N)ccnc4c3)C(=O)N[C@@H](CCCCNC(=O)Cc3ccc(I)cc3)C(=O)O)cc2)N(C)CC1.O=C=O.O=C=O. The van der Waals surface area contributed by atoms with Gasteiger partial charge in [0.25, 0.3) is 11.8 Å². The molecule has 6 rings (SSSR count). The van der Waals surface area contributed by atoms with Crippen LogP contribution in [-0.2, 0) is 84.6 Å². The average molecular weight is 1640 g/mol. The second-order valence-corrected chi connectivity index (χ2v) is 26.8. The van der Waals surface area contributed by atoms with E-state index in [1.54, 1.807) is 18.2 Å². The molecule has 2 saturated heterocycles. The Morgan fingerprint density at radius 3 is 1.93 bits per heavy atom. The number of hydrogen-bond acceptors (Lipinski definition) is 24. The van der Waals surface area contributed by atoms with Gasteiger partial charge in [-0.05, 0) is 160 Å². The van der Waals surface area contributed by atoms with Crippen LogP contribution in [0, 0.1) is 14.9 Å². The second kappa shape index (κ2) is 52.5. The monoisotopic (exact) mass is 1640 g/mol. The highest BCUT2D eigenvalue weighted by atomic mass is 127. The number of benzene rings is 3. The number of rotatable bonds is 41. The lowest BCUT2D eigenvalue weighted by atomic mass is 10.0. The van der Waals surface area contributed by atoms with E-state index < -0.39 is 59.7 Å². The lowest BCUT2D eigenvalue weighted by Gasteiger charge is -2.36. The van der Waals surface area contributed by atoms with Gasteiger partial charge in [0.2, 0.25) is 23.6 Å². The summed E-state index contributed by atoms with van der Waals surface area (Å²) in [6.45, 7) is 5.59. The predicted molar refractivity (Wildman–Crippen MR) is 402 cm³/mol. The van der Waals surface area contributed by atoms with Gasteiger partial charge >= 0.3 is 30.2 Å². The fraction of sp³-hybridized carbons (Fsp3) is 0.528. The molecule has 1 aromatic heterocycles. The molecule has 36 heteroatoms. The van der Waals surface area contributed by atoms with E-state index in [4.69, 9.17) is 50.3 Å². The number of anilines is 1. The summed E-state index contributed by atoms with van der Waals surface area (Å²) < 4.78 is 23.5. The third-order valence-electron chi connectivity index (χ3n) is 17.1. The zero-order valence-corrected chi connectivity index (χ0v) is 63.6. The maximum absolute atomic E-state index is 13.8. The number of hydrogen-bond donors (Lipinski definition) is 10. The molecule has 10 N–H and O–H groups in total. The molecule has 2 fully saturated rings. The van der Waals surface area contributed by atoms with Gasteiger partial charge in [0.05, 0.1) is 82.8 Å². The molecular weight excluding hydrogens is 1540 g/mol. The molecule has 588 valence electrons. The number of nitrogens with one attached hydrogen (secondary N) is 7. The Bertz CT molecular complexity index is 3630. The minimum Gasteiger partial charge on any atom is -0.484 e. The van der Waals surface area contributed by atoms with Crippen molar-refractivity contribution in [2.75, 3.05) is 157 Å². The molecule has 0 spiro atoms. The van der Waals surface area contributed by atoms with Gasteiger partial charge in [-0.25, -0.2) is 4.79 Å². The van der Waals surface area contributed by atoms with Crippen LogP contribution in [0.4, 0.5) is 5.69 Å². The van der Waals surface area contributed by atoms with E-state index in [0.717, 1.165) is 39.9 Å². The summed E-state index contributed by atoms with van der Waals surface area (Å²) in [5.74, 6) is -5.26. The highest BCUT2D eigenvalue weighted by molar-refractivity contribution is 14.1. The maximum atomic E-state index is 13.8. The maximum Gasteiger partial charge on any atom is 0.373 e. The van der Waals surface area contributed by atoms with Crippen LogP contribution in [0.25, 0.3) is 10.9 Å². The molecule has 0 aliphatic carbocycles. The zero-order chi connectivity index (χ0) is 79.0. The van der Waals surface area contributed by atoms with E-state index in [-0.39, 0.29) is 128 Å². The largest absolute Gasteiger partial charge is 0.484 e. The van der Waals surface area contributed by atoms with Crippen LogP contribution >= 0.6 is 34.8 Å². The summed E-state index contributed by atoms with van der Waals surface area (Å²) in [5, 5.41) is 59.6. The van der Waals surface area contributed by atoms with Crippen molar-refractivity contribution < 1.29 is 96.6 Å². The number of aliphatic carboxylic acids is 3. The van der Waals surface area contributed by atoms with E-state index >= 15 is 0 Å². The number of nitriles is 1. The third-order valence-corrected chi connectivity index (χ3v) is 18.1.